The predicted molar refractivity (Wildman–Crippen MR) is 308 cm³/mol. The molecule has 9 heteroatoms. The largest absolute Gasteiger partial charge is 0.871 e. The molecule has 0 atom stereocenters. The topological polar surface area (TPSA) is 107 Å². The number of para-hydroxylation sites is 1. The minimum Gasteiger partial charge on any atom is -0.871 e. The maximum atomic E-state index is 14.3. The third-order valence-electron chi connectivity index (χ3n) is 16.8. The Bertz CT molecular complexity index is 2930. The molecule has 0 fully saturated rings. The Morgan fingerprint density at radius 2 is 1.31 bits per heavy atom. The van der Waals surface area contributed by atoms with Gasteiger partial charge in [-0.2, -0.15) is 9.84 Å². The summed E-state index contributed by atoms with van der Waals surface area (Å²) < 4.78 is 2.41. The number of fused-ring (bicyclic) bond motifs is 5. The number of hydrogen-bond acceptors (Lipinski definition) is 7. The van der Waals surface area contributed by atoms with E-state index in [1.54, 1.807) is 17.4 Å². The first-order chi connectivity index (χ1) is 35.7. The number of benzene rings is 2. The first kappa shape index (κ1) is 54.9. The molecule has 8 rings (SSSR count). The molecule has 4 heterocycles. The van der Waals surface area contributed by atoms with Gasteiger partial charge in [0, 0.05) is 83.5 Å². The Hall–Kier alpha value is -5.30. The van der Waals surface area contributed by atoms with E-state index in [1.807, 2.05) is 29.6 Å². The molecule has 2 aliphatic carbocycles. The zero-order chi connectivity index (χ0) is 52.8. The van der Waals surface area contributed by atoms with Crippen LogP contribution in [0.2, 0.25) is 0 Å². The highest BCUT2D eigenvalue weighted by atomic mass is 32.1. The van der Waals surface area contributed by atoms with Crippen molar-refractivity contribution in [3.63, 3.8) is 0 Å². The molecule has 0 saturated heterocycles. The normalized spacial score (nSPS) is 18.1. The number of allylic oxidation sites excluding steroid dienone is 5. The first-order valence-electron chi connectivity index (χ1n) is 28.4. The number of nitriles is 1. The number of aliphatic carboxylic acids is 1. The van der Waals surface area contributed by atoms with Gasteiger partial charge in [-0.05, 0) is 105 Å². The fraction of sp³-hybridized carbons (Fsp3) is 0.508. The lowest BCUT2D eigenvalue weighted by molar-refractivity contribution is -0.438. The summed E-state index contributed by atoms with van der Waals surface area (Å²) in [4.78, 5) is 33.1. The van der Waals surface area contributed by atoms with Crippen molar-refractivity contribution < 1.29 is 24.4 Å². The fourth-order valence-corrected chi connectivity index (χ4v) is 15.2. The molecule has 7 nitrogen and oxygen atoms in total. The van der Waals surface area contributed by atoms with Crippen LogP contribution >= 0.6 is 22.7 Å². The van der Waals surface area contributed by atoms with E-state index < -0.39 is 11.4 Å². The summed E-state index contributed by atoms with van der Waals surface area (Å²) in [6.45, 7) is 19.3. The molecule has 0 saturated carbocycles. The Morgan fingerprint density at radius 3 is 1.92 bits per heavy atom. The predicted octanol–water partition coefficient (Wildman–Crippen LogP) is 16.8. The smallest absolute Gasteiger partial charge is 0.346 e. The zero-order valence-corrected chi connectivity index (χ0v) is 47.4. The summed E-state index contributed by atoms with van der Waals surface area (Å²) in [5.74, 6) is -1.55. The van der Waals surface area contributed by atoms with Crippen molar-refractivity contribution in [2.75, 3.05) is 18.0 Å². The molecule has 392 valence electrons. The van der Waals surface area contributed by atoms with Crippen LogP contribution in [0.1, 0.15) is 211 Å². The van der Waals surface area contributed by atoms with Gasteiger partial charge in [-0.15, -0.1) is 22.7 Å². The lowest BCUT2D eigenvalue weighted by Gasteiger charge is -2.32. The van der Waals surface area contributed by atoms with Gasteiger partial charge in [-0.25, -0.2) is 4.79 Å². The number of nitrogens with zero attached hydrogens (tertiary/aromatic N) is 3. The van der Waals surface area contributed by atoms with Gasteiger partial charge in [0.2, 0.25) is 5.69 Å². The van der Waals surface area contributed by atoms with Crippen LogP contribution in [0.25, 0.3) is 26.3 Å². The number of thiophene rings is 2. The maximum absolute atomic E-state index is 14.3. The van der Waals surface area contributed by atoms with Crippen LogP contribution in [0, 0.1) is 11.3 Å². The minimum absolute atomic E-state index is 0.177. The van der Waals surface area contributed by atoms with Gasteiger partial charge in [0.1, 0.15) is 18.2 Å². The SMILES string of the molecule is CCCCCCCCCCCC[N+]1=C(/C=C2/C(=O)C(/C=C3\N(CC)c4ccccc4C3(C)C)=C2[O-])C(C)(C)c2cc(-c3cc4c(s3)-c3sc(/C=C(\C#N)C(=O)O)cc3C4(CCCCCC)CCCCCC)ccc21. The number of unbranched alkanes of at least 4 members (excludes halogenated alkanes) is 15. The Balaban J connectivity index is 1.16. The summed E-state index contributed by atoms with van der Waals surface area (Å²) in [6, 6.07) is 21.9. The van der Waals surface area contributed by atoms with Crippen LogP contribution < -0.4 is 10.0 Å². The summed E-state index contributed by atoms with van der Waals surface area (Å²) in [5.41, 5.74) is 9.79. The number of likely N-dealkylation sites (N-methyl/N-ethyl adjacent to an activating group) is 1. The van der Waals surface area contributed by atoms with Crippen molar-refractivity contribution >= 4 is 57.6 Å². The fourth-order valence-electron chi connectivity index (χ4n) is 12.6. The van der Waals surface area contributed by atoms with E-state index >= 15 is 0 Å². The summed E-state index contributed by atoms with van der Waals surface area (Å²) in [5, 5.41) is 33.9. The number of carbonyl (C=O) groups is 2. The van der Waals surface area contributed by atoms with E-state index in [1.165, 1.54) is 127 Å². The van der Waals surface area contributed by atoms with Gasteiger partial charge in [-0.1, -0.05) is 161 Å². The van der Waals surface area contributed by atoms with Gasteiger partial charge in [0.05, 0.1) is 5.41 Å². The van der Waals surface area contributed by atoms with Crippen LogP contribution in [-0.2, 0) is 25.8 Å². The van der Waals surface area contributed by atoms with Crippen molar-refractivity contribution in [2.45, 2.75) is 200 Å². The third kappa shape index (κ3) is 10.6. The van der Waals surface area contributed by atoms with Gasteiger partial charge >= 0.3 is 5.97 Å². The van der Waals surface area contributed by atoms with E-state index in [0.29, 0.717) is 0 Å². The van der Waals surface area contributed by atoms with Crippen molar-refractivity contribution in [3.8, 4) is 26.3 Å². The average Bonchev–Trinajstić information content (AvgIpc) is 4.16. The quantitative estimate of drug-likeness (QED) is 0.0276. The van der Waals surface area contributed by atoms with Crippen molar-refractivity contribution in [2.24, 2.45) is 0 Å². The lowest BCUT2D eigenvalue weighted by atomic mass is 9.71. The number of carboxylic acids is 1. The van der Waals surface area contributed by atoms with E-state index in [-0.39, 0.29) is 39.1 Å². The maximum Gasteiger partial charge on any atom is 0.346 e. The molecule has 2 aliphatic heterocycles. The molecule has 0 spiro atoms. The standard InChI is InChI=1S/C65H81N3O4S2/c1-9-13-16-19-20-21-22-23-24-29-36-68-54-33-32-44(38-50(54)64(7,8)57(68)41-48-58(69)47(59(48)70)40-56-63(5,6)49-30-25-26-31-53(49)67(56)12-4)55-42-52-61(74-55)60-51(39-46(73-60)37-45(43-66)62(71)72)65(52,34-27-17-14-10-2)35-28-18-15-11-3/h25-26,30-33,37-42H,9-24,27-29,34-36H2,1-8H3,(H-,69,70,71,72)/b45-37+. The van der Waals surface area contributed by atoms with E-state index in [9.17, 15) is 25.1 Å². The second-order valence-electron chi connectivity index (χ2n) is 22.5. The van der Waals surface area contributed by atoms with Crippen LogP contribution in [0.5, 0.6) is 0 Å². The second kappa shape index (κ2) is 23.7. The minimum atomic E-state index is -1.20. The number of anilines is 1. The van der Waals surface area contributed by atoms with E-state index in [2.05, 4.69) is 119 Å². The van der Waals surface area contributed by atoms with Gasteiger partial charge in [0.15, 0.2) is 11.5 Å². The molecule has 4 aromatic rings. The van der Waals surface area contributed by atoms with Crippen LogP contribution in [0.15, 0.2) is 94.9 Å². The van der Waals surface area contributed by atoms with E-state index in [0.717, 1.165) is 84.8 Å². The molecule has 0 unspecified atom stereocenters. The lowest BCUT2D eigenvalue weighted by Crippen LogP contribution is -2.35. The van der Waals surface area contributed by atoms with E-state index in [4.69, 9.17) is 0 Å². The highest BCUT2D eigenvalue weighted by molar-refractivity contribution is 7.24. The molecule has 74 heavy (non-hydrogen) atoms. The number of carboxylic acid groups (broad SMARTS) is 1. The zero-order valence-electron chi connectivity index (χ0n) is 45.8. The Morgan fingerprint density at radius 1 is 0.716 bits per heavy atom. The second-order valence-corrected chi connectivity index (χ2v) is 24.7. The first-order valence-corrected chi connectivity index (χ1v) is 30.0. The number of hydrogen-bond donors (Lipinski definition) is 1. The molecule has 2 aromatic heterocycles. The molecule has 0 amide bonds. The molecule has 4 aliphatic rings. The Labute approximate surface area is 451 Å². The number of ketones is 1. The van der Waals surface area contributed by atoms with Crippen molar-refractivity contribution in [1.82, 2.24) is 0 Å². The Kier molecular flexibility index (Phi) is 17.6. The highest BCUT2D eigenvalue weighted by Crippen LogP contribution is 2.61. The molecule has 0 radical (unpaired) electrons. The third-order valence-corrected chi connectivity index (χ3v) is 19.3. The van der Waals surface area contributed by atoms with Gasteiger partial charge in [0.25, 0.3) is 0 Å². The van der Waals surface area contributed by atoms with Gasteiger partial charge < -0.3 is 15.1 Å². The van der Waals surface area contributed by atoms with Crippen molar-refractivity contribution in [3.05, 3.63) is 122 Å². The monoisotopic (exact) mass is 1030 g/mol. The number of carbonyl (C=O) groups excluding carboxylic acids is 1. The molecule has 2 aromatic carbocycles. The summed E-state index contributed by atoms with van der Waals surface area (Å²) >= 11 is 3.46. The highest BCUT2D eigenvalue weighted by Gasteiger charge is 2.48. The number of Topliss-reactive ketones (excluding diaryl/α,β-unsaturated/α-hetero) is 1. The van der Waals surface area contributed by atoms with Crippen LogP contribution in [0.4, 0.5) is 11.4 Å². The number of rotatable bonds is 27. The van der Waals surface area contributed by atoms with Crippen molar-refractivity contribution in [1.29, 1.82) is 5.26 Å². The summed E-state index contributed by atoms with van der Waals surface area (Å²) in [7, 11) is 0. The van der Waals surface area contributed by atoms with Crippen LogP contribution in [-0.4, -0.2) is 40.2 Å². The molecular weight excluding hydrogens is 951 g/mol. The summed E-state index contributed by atoms with van der Waals surface area (Å²) in [6.07, 6.45) is 29.2. The van der Waals surface area contributed by atoms with Gasteiger partial charge in [-0.3, -0.25) is 4.79 Å². The molecule has 0 bridgehead atoms. The molecular formula is C65H81N3O4S2. The average molecular weight is 1030 g/mol. The molecule has 1 N–H and O–H groups in total. The van der Waals surface area contributed by atoms with Crippen LogP contribution in [0.3, 0.4) is 0 Å².